The molecule has 1 atom stereocenters. The van der Waals surface area contributed by atoms with Crippen LogP contribution in [-0.2, 0) is 0 Å². The number of nitrogens with one attached hydrogen (secondary N) is 2. The van der Waals surface area contributed by atoms with Gasteiger partial charge in [0.2, 0.25) is 0 Å². The van der Waals surface area contributed by atoms with Gasteiger partial charge in [-0.2, -0.15) is 11.8 Å². The molecule has 0 bridgehead atoms. The van der Waals surface area contributed by atoms with Crippen molar-refractivity contribution in [3.63, 3.8) is 0 Å². The SMILES string of the molecule is CCCNc1ccc([N+](=O)[O-])c(C(=O)NC(C)CSC)c1. The van der Waals surface area contributed by atoms with Gasteiger partial charge in [-0.1, -0.05) is 6.92 Å². The van der Waals surface area contributed by atoms with Gasteiger partial charge in [0.05, 0.1) is 4.92 Å². The predicted molar refractivity (Wildman–Crippen MR) is 87.2 cm³/mol. The van der Waals surface area contributed by atoms with Crippen LogP contribution in [0.2, 0.25) is 0 Å². The summed E-state index contributed by atoms with van der Waals surface area (Å²) in [7, 11) is 0. The summed E-state index contributed by atoms with van der Waals surface area (Å²) in [5, 5.41) is 17.0. The van der Waals surface area contributed by atoms with E-state index >= 15 is 0 Å². The summed E-state index contributed by atoms with van der Waals surface area (Å²) in [5.74, 6) is 0.344. The minimum absolute atomic E-state index is 0.0423. The summed E-state index contributed by atoms with van der Waals surface area (Å²) < 4.78 is 0. The van der Waals surface area contributed by atoms with E-state index in [0.717, 1.165) is 18.7 Å². The molecular formula is C14H21N3O3S. The number of hydrogen-bond donors (Lipinski definition) is 2. The first-order valence-electron chi connectivity index (χ1n) is 6.81. The maximum atomic E-state index is 12.2. The third-order valence-electron chi connectivity index (χ3n) is 2.81. The van der Waals surface area contributed by atoms with E-state index in [4.69, 9.17) is 0 Å². The van der Waals surface area contributed by atoms with Crippen molar-refractivity contribution in [3.8, 4) is 0 Å². The number of nitrogens with zero attached hydrogens (tertiary/aromatic N) is 1. The molecule has 1 aromatic carbocycles. The van der Waals surface area contributed by atoms with Crippen molar-refractivity contribution < 1.29 is 9.72 Å². The van der Waals surface area contributed by atoms with Gasteiger partial charge < -0.3 is 10.6 Å². The number of hydrogen-bond acceptors (Lipinski definition) is 5. The average molecular weight is 311 g/mol. The zero-order valence-corrected chi connectivity index (χ0v) is 13.3. The highest BCUT2D eigenvalue weighted by Crippen LogP contribution is 2.23. The quantitative estimate of drug-likeness (QED) is 0.569. The van der Waals surface area contributed by atoms with E-state index in [1.807, 2.05) is 20.1 Å². The van der Waals surface area contributed by atoms with Crippen LogP contribution in [0.3, 0.4) is 0 Å². The van der Waals surface area contributed by atoms with Gasteiger partial charge in [-0.3, -0.25) is 14.9 Å². The van der Waals surface area contributed by atoms with Crippen molar-refractivity contribution in [1.29, 1.82) is 0 Å². The van der Waals surface area contributed by atoms with E-state index < -0.39 is 10.8 Å². The molecule has 0 saturated carbocycles. The highest BCUT2D eigenvalue weighted by atomic mass is 32.2. The molecule has 0 aliphatic carbocycles. The lowest BCUT2D eigenvalue weighted by Gasteiger charge is -2.13. The Labute approximate surface area is 128 Å². The number of carbonyl (C=O) groups excluding carboxylic acids is 1. The van der Waals surface area contributed by atoms with Crippen molar-refractivity contribution in [2.75, 3.05) is 23.9 Å². The number of benzene rings is 1. The van der Waals surface area contributed by atoms with Gasteiger partial charge in [0.25, 0.3) is 11.6 Å². The third-order valence-corrected chi connectivity index (χ3v) is 3.64. The summed E-state index contributed by atoms with van der Waals surface area (Å²) >= 11 is 1.61. The average Bonchev–Trinajstić information content (AvgIpc) is 2.44. The summed E-state index contributed by atoms with van der Waals surface area (Å²) in [5.41, 5.74) is 0.630. The van der Waals surface area contributed by atoms with Crippen molar-refractivity contribution >= 4 is 29.0 Å². The van der Waals surface area contributed by atoms with Crippen LogP contribution in [0.25, 0.3) is 0 Å². The van der Waals surface area contributed by atoms with Gasteiger partial charge in [-0.15, -0.1) is 0 Å². The molecule has 116 valence electrons. The third kappa shape index (κ3) is 5.26. The summed E-state index contributed by atoms with van der Waals surface area (Å²) in [6, 6.07) is 4.48. The number of thioether (sulfide) groups is 1. The van der Waals surface area contributed by atoms with E-state index in [1.165, 1.54) is 12.1 Å². The predicted octanol–water partition coefficient (Wildman–Crippen LogP) is 2.90. The molecule has 0 spiro atoms. The highest BCUT2D eigenvalue weighted by molar-refractivity contribution is 7.98. The maximum absolute atomic E-state index is 12.2. The Balaban J connectivity index is 2.99. The number of nitro benzene ring substituents is 1. The second kappa shape index (κ2) is 8.51. The summed E-state index contributed by atoms with van der Waals surface area (Å²) in [6.45, 7) is 4.65. The van der Waals surface area contributed by atoms with E-state index in [1.54, 1.807) is 17.8 Å². The van der Waals surface area contributed by atoms with E-state index in [0.29, 0.717) is 5.69 Å². The molecule has 1 unspecified atom stereocenters. The second-order valence-electron chi connectivity index (χ2n) is 4.75. The molecule has 0 radical (unpaired) electrons. The minimum Gasteiger partial charge on any atom is -0.385 e. The molecule has 0 aliphatic heterocycles. The first kappa shape index (κ1) is 17.3. The Morgan fingerprint density at radius 1 is 1.48 bits per heavy atom. The van der Waals surface area contributed by atoms with Crippen LogP contribution >= 0.6 is 11.8 Å². The van der Waals surface area contributed by atoms with E-state index in [2.05, 4.69) is 10.6 Å². The molecule has 21 heavy (non-hydrogen) atoms. The highest BCUT2D eigenvalue weighted by Gasteiger charge is 2.21. The van der Waals surface area contributed by atoms with Gasteiger partial charge >= 0.3 is 0 Å². The van der Waals surface area contributed by atoms with Crippen molar-refractivity contribution in [2.24, 2.45) is 0 Å². The number of carbonyl (C=O) groups is 1. The van der Waals surface area contributed by atoms with Gasteiger partial charge in [0, 0.05) is 30.1 Å². The van der Waals surface area contributed by atoms with E-state index in [-0.39, 0.29) is 17.3 Å². The molecule has 0 heterocycles. The standard InChI is InChI=1S/C14H21N3O3S/c1-4-7-15-11-5-6-13(17(19)20)12(8-11)14(18)16-10(2)9-21-3/h5-6,8,10,15H,4,7,9H2,1-3H3,(H,16,18). The fourth-order valence-corrected chi connectivity index (χ4v) is 2.43. The number of amides is 1. The second-order valence-corrected chi connectivity index (χ2v) is 5.66. The molecule has 6 nitrogen and oxygen atoms in total. The molecule has 0 aromatic heterocycles. The van der Waals surface area contributed by atoms with Crippen LogP contribution in [-0.4, -0.2) is 35.4 Å². The largest absolute Gasteiger partial charge is 0.385 e. The lowest BCUT2D eigenvalue weighted by Crippen LogP contribution is -2.34. The maximum Gasteiger partial charge on any atom is 0.282 e. The topological polar surface area (TPSA) is 84.3 Å². The molecule has 0 fully saturated rings. The van der Waals surface area contributed by atoms with Crippen molar-refractivity contribution in [3.05, 3.63) is 33.9 Å². The number of anilines is 1. The van der Waals surface area contributed by atoms with Crippen LogP contribution in [0.4, 0.5) is 11.4 Å². The van der Waals surface area contributed by atoms with Crippen LogP contribution < -0.4 is 10.6 Å². The zero-order valence-electron chi connectivity index (χ0n) is 12.5. The number of rotatable bonds is 8. The molecule has 0 saturated heterocycles. The Kier molecular flexibility index (Phi) is 7.01. The van der Waals surface area contributed by atoms with Gasteiger partial charge in [0.15, 0.2) is 0 Å². The summed E-state index contributed by atoms with van der Waals surface area (Å²) in [4.78, 5) is 22.8. The molecule has 7 heteroatoms. The Morgan fingerprint density at radius 3 is 2.76 bits per heavy atom. The zero-order chi connectivity index (χ0) is 15.8. The van der Waals surface area contributed by atoms with Crippen LogP contribution in [0.1, 0.15) is 30.6 Å². The van der Waals surface area contributed by atoms with Crippen molar-refractivity contribution in [1.82, 2.24) is 5.32 Å². The molecule has 1 amide bonds. The molecule has 0 aliphatic rings. The van der Waals surface area contributed by atoms with Crippen molar-refractivity contribution in [2.45, 2.75) is 26.3 Å². The van der Waals surface area contributed by atoms with Gasteiger partial charge in [-0.25, -0.2) is 0 Å². The lowest BCUT2D eigenvalue weighted by atomic mass is 10.1. The number of nitro groups is 1. The molecular weight excluding hydrogens is 290 g/mol. The Bertz CT molecular complexity index is 508. The Hall–Kier alpha value is -1.76. The van der Waals surface area contributed by atoms with E-state index in [9.17, 15) is 14.9 Å². The monoisotopic (exact) mass is 311 g/mol. The first-order chi connectivity index (χ1) is 9.99. The minimum atomic E-state index is -0.530. The fraction of sp³-hybridized carbons (Fsp3) is 0.500. The van der Waals surface area contributed by atoms with Gasteiger partial charge in [-0.05, 0) is 31.7 Å². The summed E-state index contributed by atoms with van der Waals surface area (Å²) in [6.07, 6.45) is 2.88. The molecule has 1 rings (SSSR count). The normalized spacial score (nSPS) is 11.8. The van der Waals surface area contributed by atoms with Crippen LogP contribution in [0.5, 0.6) is 0 Å². The smallest absolute Gasteiger partial charge is 0.282 e. The lowest BCUT2D eigenvalue weighted by molar-refractivity contribution is -0.385. The van der Waals surface area contributed by atoms with Crippen LogP contribution in [0.15, 0.2) is 18.2 Å². The van der Waals surface area contributed by atoms with Crippen LogP contribution in [0, 0.1) is 10.1 Å². The fourth-order valence-electron chi connectivity index (χ4n) is 1.85. The van der Waals surface area contributed by atoms with Gasteiger partial charge in [0.1, 0.15) is 5.56 Å². The first-order valence-corrected chi connectivity index (χ1v) is 8.21. The molecule has 2 N–H and O–H groups in total. The molecule has 1 aromatic rings. The Morgan fingerprint density at radius 2 is 2.19 bits per heavy atom.